The van der Waals surface area contributed by atoms with Crippen LogP contribution in [0.25, 0.3) is 0 Å². The first-order chi connectivity index (χ1) is 10.2. The number of nitrogens with zero attached hydrogens (tertiary/aromatic N) is 1. The van der Waals surface area contributed by atoms with Gasteiger partial charge in [-0.1, -0.05) is 19.1 Å². The Kier molecular flexibility index (Phi) is 5.44. The molecule has 1 aliphatic carbocycles. The first-order valence-electron chi connectivity index (χ1n) is 7.53. The van der Waals surface area contributed by atoms with E-state index in [1.54, 1.807) is 12.0 Å². The number of ether oxygens (including phenoxy) is 1. The van der Waals surface area contributed by atoms with Gasteiger partial charge in [-0.05, 0) is 36.5 Å². The molecule has 0 bridgehead atoms. The molecule has 0 saturated heterocycles. The predicted molar refractivity (Wildman–Crippen MR) is 81.5 cm³/mol. The summed E-state index contributed by atoms with van der Waals surface area (Å²) in [5, 5.41) is 12.1. The van der Waals surface area contributed by atoms with Crippen molar-refractivity contribution in [3.8, 4) is 5.75 Å². The minimum atomic E-state index is -0.105. The number of carbonyl (C=O) groups excluding carboxylic acids is 1. The van der Waals surface area contributed by atoms with Crippen LogP contribution < -0.4 is 10.1 Å². The van der Waals surface area contributed by atoms with E-state index in [-0.39, 0.29) is 18.7 Å². The number of urea groups is 1. The van der Waals surface area contributed by atoms with Crippen LogP contribution in [0, 0.1) is 0 Å². The maximum absolute atomic E-state index is 12.3. The molecule has 0 aliphatic heterocycles. The molecule has 1 aliphatic rings. The van der Waals surface area contributed by atoms with Gasteiger partial charge in [0.25, 0.3) is 0 Å². The quantitative estimate of drug-likeness (QED) is 0.844. The van der Waals surface area contributed by atoms with E-state index >= 15 is 0 Å². The lowest BCUT2D eigenvalue weighted by atomic mass is 10.1. The summed E-state index contributed by atoms with van der Waals surface area (Å²) in [5.41, 5.74) is 2.33. The normalized spacial score (nSPS) is 16.4. The predicted octanol–water partition coefficient (Wildman–Crippen LogP) is 2.10. The van der Waals surface area contributed by atoms with Crippen molar-refractivity contribution in [3.63, 3.8) is 0 Å². The Morgan fingerprint density at radius 2 is 2.29 bits per heavy atom. The molecule has 2 amide bonds. The van der Waals surface area contributed by atoms with Crippen molar-refractivity contribution in [1.29, 1.82) is 0 Å². The van der Waals surface area contributed by atoms with Crippen molar-refractivity contribution in [1.82, 2.24) is 10.2 Å². The Labute approximate surface area is 125 Å². The standard InChI is InChI=1S/C16H24N2O3/c1-3-9-18(10-11-19)16(20)17-14-8-7-13-12(14)5-4-6-15(13)21-2/h4-6,14,19H,3,7-11H2,1-2H3,(H,17,20). The molecule has 0 radical (unpaired) electrons. The Bertz CT molecular complexity index is 484. The molecule has 0 spiro atoms. The summed E-state index contributed by atoms with van der Waals surface area (Å²) in [4.78, 5) is 14.0. The van der Waals surface area contributed by atoms with Crippen molar-refractivity contribution in [2.45, 2.75) is 32.2 Å². The molecule has 1 aromatic carbocycles. The van der Waals surface area contributed by atoms with Gasteiger partial charge in [0.15, 0.2) is 0 Å². The highest BCUT2D eigenvalue weighted by molar-refractivity contribution is 5.75. The minimum Gasteiger partial charge on any atom is -0.496 e. The number of methoxy groups -OCH3 is 1. The van der Waals surface area contributed by atoms with Gasteiger partial charge in [-0.15, -0.1) is 0 Å². The van der Waals surface area contributed by atoms with E-state index in [0.29, 0.717) is 13.1 Å². The number of fused-ring (bicyclic) bond motifs is 1. The number of nitrogens with one attached hydrogen (secondary N) is 1. The van der Waals surface area contributed by atoms with Crippen LogP contribution in [0.3, 0.4) is 0 Å². The van der Waals surface area contributed by atoms with Gasteiger partial charge in [0.05, 0.1) is 19.8 Å². The van der Waals surface area contributed by atoms with Crippen molar-refractivity contribution < 1.29 is 14.6 Å². The van der Waals surface area contributed by atoms with Crippen LogP contribution in [-0.2, 0) is 6.42 Å². The smallest absolute Gasteiger partial charge is 0.317 e. The fraction of sp³-hybridized carbons (Fsp3) is 0.562. The van der Waals surface area contributed by atoms with Crippen molar-refractivity contribution in [2.24, 2.45) is 0 Å². The number of benzene rings is 1. The number of rotatable bonds is 6. The summed E-state index contributed by atoms with van der Waals surface area (Å²) in [6.45, 7) is 3.04. The first-order valence-corrected chi connectivity index (χ1v) is 7.53. The molecule has 0 fully saturated rings. The molecule has 2 N–H and O–H groups in total. The lowest BCUT2D eigenvalue weighted by Crippen LogP contribution is -2.43. The summed E-state index contributed by atoms with van der Waals surface area (Å²) < 4.78 is 5.38. The van der Waals surface area contributed by atoms with Crippen LogP contribution in [0.4, 0.5) is 4.79 Å². The van der Waals surface area contributed by atoms with Gasteiger partial charge >= 0.3 is 6.03 Å². The maximum Gasteiger partial charge on any atom is 0.317 e. The largest absolute Gasteiger partial charge is 0.496 e. The molecule has 0 saturated carbocycles. The second-order valence-electron chi connectivity index (χ2n) is 5.28. The SMILES string of the molecule is CCCN(CCO)C(=O)NC1CCc2c(OC)cccc21. The van der Waals surface area contributed by atoms with Gasteiger partial charge in [0.1, 0.15) is 5.75 Å². The first kappa shape index (κ1) is 15.6. The molecule has 0 aromatic heterocycles. The summed E-state index contributed by atoms with van der Waals surface area (Å²) in [6, 6.07) is 5.89. The highest BCUT2D eigenvalue weighted by Crippen LogP contribution is 2.36. The van der Waals surface area contributed by atoms with E-state index in [9.17, 15) is 4.79 Å². The number of hydrogen-bond acceptors (Lipinski definition) is 3. The topological polar surface area (TPSA) is 61.8 Å². The maximum atomic E-state index is 12.3. The lowest BCUT2D eigenvalue weighted by molar-refractivity contribution is 0.174. The van der Waals surface area contributed by atoms with Gasteiger partial charge in [0.2, 0.25) is 0 Å². The molecule has 1 aromatic rings. The minimum absolute atomic E-state index is 0.0114. The van der Waals surface area contributed by atoms with Crippen molar-refractivity contribution in [2.75, 3.05) is 26.8 Å². The van der Waals surface area contributed by atoms with E-state index < -0.39 is 0 Å². The monoisotopic (exact) mass is 292 g/mol. The second kappa shape index (κ2) is 7.31. The Balaban J connectivity index is 2.07. The molecule has 21 heavy (non-hydrogen) atoms. The van der Waals surface area contributed by atoms with Crippen LogP contribution >= 0.6 is 0 Å². The number of aliphatic hydroxyl groups is 1. The summed E-state index contributed by atoms with van der Waals surface area (Å²) >= 11 is 0. The highest BCUT2D eigenvalue weighted by atomic mass is 16.5. The molecule has 1 unspecified atom stereocenters. The Morgan fingerprint density at radius 3 is 2.95 bits per heavy atom. The molecule has 116 valence electrons. The third-order valence-electron chi connectivity index (χ3n) is 3.90. The van der Waals surface area contributed by atoms with Gasteiger partial charge in [-0.3, -0.25) is 0 Å². The van der Waals surface area contributed by atoms with Crippen LogP contribution in [0.5, 0.6) is 5.75 Å². The van der Waals surface area contributed by atoms with E-state index in [4.69, 9.17) is 9.84 Å². The third kappa shape index (κ3) is 3.47. The fourth-order valence-corrected chi connectivity index (χ4v) is 2.91. The number of carbonyl (C=O) groups is 1. The summed E-state index contributed by atoms with van der Waals surface area (Å²) in [6.07, 6.45) is 2.68. The Morgan fingerprint density at radius 1 is 1.48 bits per heavy atom. The highest BCUT2D eigenvalue weighted by Gasteiger charge is 2.27. The zero-order valence-corrected chi connectivity index (χ0v) is 12.8. The van der Waals surface area contributed by atoms with Crippen LogP contribution in [0.2, 0.25) is 0 Å². The van der Waals surface area contributed by atoms with Crippen molar-refractivity contribution in [3.05, 3.63) is 29.3 Å². The zero-order valence-electron chi connectivity index (χ0n) is 12.8. The van der Waals surface area contributed by atoms with Gasteiger partial charge < -0.3 is 20.1 Å². The number of hydrogen-bond donors (Lipinski definition) is 2. The Hall–Kier alpha value is -1.75. The number of amides is 2. The molecule has 5 heteroatoms. The lowest BCUT2D eigenvalue weighted by Gasteiger charge is -2.24. The number of aliphatic hydroxyl groups excluding tert-OH is 1. The van der Waals surface area contributed by atoms with Crippen LogP contribution in [-0.4, -0.2) is 42.8 Å². The average Bonchev–Trinajstić information content (AvgIpc) is 2.90. The van der Waals surface area contributed by atoms with Crippen LogP contribution in [0.15, 0.2) is 18.2 Å². The van der Waals surface area contributed by atoms with Crippen LogP contribution in [0.1, 0.15) is 36.9 Å². The third-order valence-corrected chi connectivity index (χ3v) is 3.90. The summed E-state index contributed by atoms with van der Waals surface area (Å²) in [5.74, 6) is 0.894. The van der Waals surface area contributed by atoms with E-state index in [0.717, 1.165) is 30.6 Å². The zero-order chi connectivity index (χ0) is 15.2. The molecule has 5 nitrogen and oxygen atoms in total. The van der Waals surface area contributed by atoms with Crippen molar-refractivity contribution >= 4 is 6.03 Å². The molecular formula is C16H24N2O3. The molecule has 1 atom stereocenters. The van der Waals surface area contributed by atoms with E-state index in [2.05, 4.69) is 5.32 Å². The molecular weight excluding hydrogens is 268 g/mol. The average molecular weight is 292 g/mol. The van der Waals surface area contributed by atoms with Gasteiger partial charge in [-0.2, -0.15) is 0 Å². The molecule has 2 rings (SSSR count). The van der Waals surface area contributed by atoms with E-state index in [1.807, 2.05) is 25.1 Å². The van der Waals surface area contributed by atoms with Gasteiger partial charge in [-0.25, -0.2) is 4.79 Å². The van der Waals surface area contributed by atoms with E-state index in [1.165, 1.54) is 5.56 Å². The molecule has 0 heterocycles. The van der Waals surface area contributed by atoms with Gasteiger partial charge in [0, 0.05) is 13.1 Å². The summed E-state index contributed by atoms with van der Waals surface area (Å²) in [7, 11) is 1.67. The second-order valence-corrected chi connectivity index (χ2v) is 5.28. The fourth-order valence-electron chi connectivity index (χ4n) is 2.91.